The van der Waals surface area contributed by atoms with Gasteiger partial charge in [0.05, 0.1) is 11.6 Å². The minimum Gasteiger partial charge on any atom is -0.341 e. The zero-order valence-electron chi connectivity index (χ0n) is 13.8. The van der Waals surface area contributed by atoms with E-state index < -0.39 is 11.7 Å². The van der Waals surface area contributed by atoms with Crippen LogP contribution in [0.5, 0.6) is 0 Å². The molecule has 2 amide bonds. The van der Waals surface area contributed by atoms with Gasteiger partial charge in [0.25, 0.3) is 0 Å². The van der Waals surface area contributed by atoms with Gasteiger partial charge in [-0.25, -0.2) is 4.39 Å². The van der Waals surface area contributed by atoms with E-state index in [-0.39, 0.29) is 30.5 Å². The van der Waals surface area contributed by atoms with Crippen molar-refractivity contribution >= 4 is 29.1 Å². The van der Waals surface area contributed by atoms with Gasteiger partial charge in [-0.2, -0.15) is 0 Å². The van der Waals surface area contributed by atoms with Crippen molar-refractivity contribution in [2.45, 2.75) is 13.0 Å². The van der Waals surface area contributed by atoms with Gasteiger partial charge in [0.2, 0.25) is 11.8 Å². The Morgan fingerprint density at radius 3 is 2.76 bits per heavy atom. The molecule has 0 aliphatic carbocycles. The SMILES string of the molecule is CN(Cc1cccc(Cl)c1)C(=O)C1CC(=O)N(c2ccccc2F)C1. The topological polar surface area (TPSA) is 40.6 Å². The third-order valence-electron chi connectivity index (χ3n) is 4.30. The van der Waals surface area contributed by atoms with Crippen molar-refractivity contribution in [3.05, 3.63) is 64.9 Å². The third-order valence-corrected chi connectivity index (χ3v) is 4.54. The van der Waals surface area contributed by atoms with Crippen molar-refractivity contribution < 1.29 is 14.0 Å². The maximum Gasteiger partial charge on any atom is 0.228 e. The number of hydrogen-bond donors (Lipinski definition) is 0. The molecule has 1 aliphatic rings. The smallest absolute Gasteiger partial charge is 0.228 e. The van der Waals surface area contributed by atoms with Gasteiger partial charge in [-0.1, -0.05) is 35.9 Å². The van der Waals surface area contributed by atoms with E-state index in [1.54, 1.807) is 42.3 Å². The summed E-state index contributed by atoms with van der Waals surface area (Å²) in [6.07, 6.45) is 0.0903. The van der Waals surface area contributed by atoms with Crippen molar-refractivity contribution in [1.82, 2.24) is 4.90 Å². The standard InChI is InChI=1S/C19H18ClFN2O2/c1-22(11-13-5-4-6-15(20)9-13)19(25)14-10-18(24)23(12-14)17-8-3-2-7-16(17)21/h2-9,14H,10-12H2,1H3. The van der Waals surface area contributed by atoms with Crippen LogP contribution in [0.2, 0.25) is 5.02 Å². The van der Waals surface area contributed by atoms with Crippen molar-refractivity contribution in [1.29, 1.82) is 0 Å². The van der Waals surface area contributed by atoms with E-state index in [1.807, 2.05) is 12.1 Å². The molecule has 1 saturated heterocycles. The fraction of sp³-hybridized carbons (Fsp3) is 0.263. The lowest BCUT2D eigenvalue weighted by molar-refractivity contribution is -0.135. The number of amides is 2. The molecule has 0 N–H and O–H groups in total. The van der Waals surface area contributed by atoms with Crippen LogP contribution in [-0.2, 0) is 16.1 Å². The summed E-state index contributed by atoms with van der Waals surface area (Å²) in [5.41, 5.74) is 1.14. The second-order valence-corrected chi connectivity index (χ2v) is 6.62. The van der Waals surface area contributed by atoms with Gasteiger partial charge in [0.15, 0.2) is 0 Å². The lowest BCUT2D eigenvalue weighted by Gasteiger charge is -2.22. The van der Waals surface area contributed by atoms with Crippen LogP contribution in [0.3, 0.4) is 0 Å². The van der Waals surface area contributed by atoms with Gasteiger partial charge in [0, 0.05) is 31.6 Å². The molecule has 25 heavy (non-hydrogen) atoms. The predicted molar refractivity (Wildman–Crippen MR) is 94.8 cm³/mol. The molecular formula is C19H18ClFN2O2. The van der Waals surface area contributed by atoms with Crippen LogP contribution in [0.25, 0.3) is 0 Å². The van der Waals surface area contributed by atoms with Crippen LogP contribution in [0.15, 0.2) is 48.5 Å². The summed E-state index contributed by atoms with van der Waals surface area (Å²) >= 11 is 5.97. The first-order valence-corrected chi connectivity index (χ1v) is 8.38. The zero-order chi connectivity index (χ0) is 18.0. The van der Waals surface area contributed by atoms with Gasteiger partial charge in [-0.15, -0.1) is 0 Å². The number of benzene rings is 2. The first-order valence-electron chi connectivity index (χ1n) is 8.00. The van der Waals surface area contributed by atoms with E-state index >= 15 is 0 Å². The Hall–Kier alpha value is -2.40. The number of carbonyl (C=O) groups excluding carboxylic acids is 2. The largest absolute Gasteiger partial charge is 0.341 e. The molecule has 4 nitrogen and oxygen atoms in total. The average Bonchev–Trinajstić information content (AvgIpc) is 2.96. The van der Waals surface area contributed by atoms with E-state index in [0.717, 1.165) is 5.56 Å². The fourth-order valence-corrected chi connectivity index (χ4v) is 3.29. The summed E-state index contributed by atoms with van der Waals surface area (Å²) in [4.78, 5) is 27.8. The highest BCUT2D eigenvalue weighted by Crippen LogP contribution is 2.28. The first-order chi connectivity index (χ1) is 12.0. The quantitative estimate of drug-likeness (QED) is 0.837. The number of anilines is 1. The van der Waals surface area contributed by atoms with Crippen LogP contribution < -0.4 is 4.90 Å². The Morgan fingerprint density at radius 2 is 2.04 bits per heavy atom. The Bertz CT molecular complexity index is 812. The molecule has 6 heteroatoms. The normalized spacial score (nSPS) is 17.0. The highest BCUT2D eigenvalue weighted by atomic mass is 35.5. The molecule has 1 fully saturated rings. The van der Waals surface area contributed by atoms with Gasteiger partial charge in [-0.3, -0.25) is 9.59 Å². The first kappa shape index (κ1) is 17.4. The monoisotopic (exact) mass is 360 g/mol. The van der Waals surface area contributed by atoms with E-state index in [2.05, 4.69) is 0 Å². The van der Waals surface area contributed by atoms with Gasteiger partial charge < -0.3 is 9.80 Å². The molecule has 1 unspecified atom stereocenters. The molecule has 0 radical (unpaired) electrons. The average molecular weight is 361 g/mol. The number of hydrogen-bond acceptors (Lipinski definition) is 2. The minimum atomic E-state index is -0.476. The van der Waals surface area contributed by atoms with Gasteiger partial charge in [0.1, 0.15) is 5.82 Å². The van der Waals surface area contributed by atoms with Crippen LogP contribution in [-0.4, -0.2) is 30.3 Å². The Kier molecular flexibility index (Phi) is 5.04. The second-order valence-electron chi connectivity index (χ2n) is 6.18. The van der Waals surface area contributed by atoms with Gasteiger partial charge >= 0.3 is 0 Å². The van der Waals surface area contributed by atoms with Crippen LogP contribution >= 0.6 is 11.6 Å². The molecule has 0 spiro atoms. The number of carbonyl (C=O) groups is 2. The highest BCUT2D eigenvalue weighted by molar-refractivity contribution is 6.30. The second kappa shape index (κ2) is 7.23. The molecular weight excluding hydrogens is 343 g/mol. The number of para-hydroxylation sites is 1. The number of rotatable bonds is 4. The minimum absolute atomic E-state index is 0.0903. The van der Waals surface area contributed by atoms with Gasteiger partial charge in [-0.05, 0) is 29.8 Å². The molecule has 0 saturated carbocycles. The fourth-order valence-electron chi connectivity index (χ4n) is 3.08. The zero-order valence-corrected chi connectivity index (χ0v) is 14.5. The summed E-state index contributed by atoms with van der Waals surface area (Å²) in [5.74, 6) is -1.31. The molecule has 2 aromatic carbocycles. The van der Waals surface area contributed by atoms with Crippen LogP contribution in [0, 0.1) is 11.7 Å². The summed E-state index contributed by atoms with van der Waals surface area (Å²) in [6.45, 7) is 0.599. The molecule has 1 aliphatic heterocycles. The van der Waals surface area contributed by atoms with Crippen LogP contribution in [0.4, 0.5) is 10.1 Å². The molecule has 2 aromatic rings. The van der Waals surface area contributed by atoms with E-state index in [1.165, 1.54) is 11.0 Å². The Balaban J connectivity index is 1.69. The van der Waals surface area contributed by atoms with E-state index in [0.29, 0.717) is 11.6 Å². The summed E-state index contributed by atoms with van der Waals surface area (Å²) < 4.78 is 13.9. The maximum atomic E-state index is 13.9. The molecule has 1 atom stereocenters. The van der Waals surface area contributed by atoms with Crippen molar-refractivity contribution in [3.8, 4) is 0 Å². The number of halogens is 2. The molecule has 1 heterocycles. The van der Waals surface area contributed by atoms with Crippen LogP contribution in [0.1, 0.15) is 12.0 Å². The molecule has 3 rings (SSSR count). The van der Waals surface area contributed by atoms with Crippen molar-refractivity contribution in [3.63, 3.8) is 0 Å². The summed E-state index contributed by atoms with van der Waals surface area (Å²) in [6, 6.07) is 13.4. The molecule has 130 valence electrons. The lowest BCUT2D eigenvalue weighted by Crippen LogP contribution is -2.34. The maximum absolute atomic E-state index is 13.9. The molecule has 0 bridgehead atoms. The van der Waals surface area contributed by atoms with Crippen molar-refractivity contribution in [2.75, 3.05) is 18.5 Å². The molecule has 0 aromatic heterocycles. The van der Waals surface area contributed by atoms with E-state index in [9.17, 15) is 14.0 Å². The third kappa shape index (κ3) is 3.82. The Labute approximate surface area is 150 Å². The number of nitrogens with zero attached hydrogens (tertiary/aromatic N) is 2. The summed E-state index contributed by atoms with van der Waals surface area (Å²) in [5, 5.41) is 0.611. The predicted octanol–water partition coefficient (Wildman–Crippen LogP) is 3.49. The lowest BCUT2D eigenvalue weighted by atomic mass is 10.1. The van der Waals surface area contributed by atoms with Crippen molar-refractivity contribution in [2.24, 2.45) is 5.92 Å². The Morgan fingerprint density at radius 1 is 1.28 bits per heavy atom. The van der Waals surface area contributed by atoms with E-state index in [4.69, 9.17) is 11.6 Å². The highest BCUT2D eigenvalue weighted by Gasteiger charge is 2.37. The summed E-state index contributed by atoms with van der Waals surface area (Å²) in [7, 11) is 1.69.